The summed E-state index contributed by atoms with van der Waals surface area (Å²) >= 11 is 1.59. The predicted molar refractivity (Wildman–Crippen MR) is 128 cm³/mol. The lowest BCUT2D eigenvalue weighted by atomic mass is 10.1. The second-order valence-electron chi connectivity index (χ2n) is 7.25. The van der Waals surface area contributed by atoms with Gasteiger partial charge in [0, 0.05) is 22.7 Å². The molecule has 1 aromatic heterocycles. The first-order valence-electron chi connectivity index (χ1n) is 10.3. The number of rotatable bonds is 8. The Bertz CT molecular complexity index is 1290. The van der Waals surface area contributed by atoms with Gasteiger partial charge in [0.05, 0.1) is 22.3 Å². The van der Waals surface area contributed by atoms with Gasteiger partial charge in [-0.2, -0.15) is 5.26 Å². The van der Waals surface area contributed by atoms with E-state index in [2.05, 4.69) is 16.4 Å². The zero-order chi connectivity index (χ0) is 23.0. The summed E-state index contributed by atoms with van der Waals surface area (Å²) in [6.45, 7) is 2.68. The summed E-state index contributed by atoms with van der Waals surface area (Å²) in [6.07, 6.45) is 0. The number of thiazole rings is 1. The monoisotopic (exact) mass is 455 g/mol. The van der Waals surface area contributed by atoms with Crippen molar-refractivity contribution in [3.8, 4) is 17.6 Å². The fraction of sp³-hybridized carbons (Fsp3) is 0.115. The molecule has 1 heterocycles. The third kappa shape index (κ3) is 6.19. The van der Waals surface area contributed by atoms with Gasteiger partial charge in [-0.05, 0) is 61.0 Å². The average Bonchev–Trinajstić information content (AvgIpc) is 3.27. The lowest BCUT2D eigenvalue weighted by Gasteiger charge is -2.10. The Morgan fingerprint density at radius 2 is 1.79 bits per heavy atom. The maximum Gasteiger partial charge on any atom is 0.255 e. The molecule has 0 fully saturated rings. The van der Waals surface area contributed by atoms with Crippen LogP contribution in [-0.4, -0.2) is 10.9 Å². The second-order valence-corrected chi connectivity index (χ2v) is 8.32. The highest BCUT2D eigenvalue weighted by Gasteiger charge is 2.08. The minimum Gasteiger partial charge on any atom is -0.489 e. The van der Waals surface area contributed by atoms with E-state index in [9.17, 15) is 4.79 Å². The van der Waals surface area contributed by atoms with Gasteiger partial charge < -0.3 is 14.8 Å². The van der Waals surface area contributed by atoms with Crippen LogP contribution in [0.1, 0.15) is 32.2 Å². The first kappa shape index (κ1) is 22.1. The number of aromatic nitrogens is 1. The van der Waals surface area contributed by atoms with Crippen molar-refractivity contribution in [1.82, 2.24) is 4.98 Å². The second kappa shape index (κ2) is 10.4. The molecule has 0 saturated carbocycles. The summed E-state index contributed by atoms with van der Waals surface area (Å²) in [5.74, 6) is 1.07. The zero-order valence-corrected chi connectivity index (χ0v) is 18.8. The molecule has 7 heteroatoms. The van der Waals surface area contributed by atoms with E-state index < -0.39 is 0 Å². The molecule has 0 aliphatic carbocycles. The summed E-state index contributed by atoms with van der Waals surface area (Å²) in [6, 6.07) is 23.6. The van der Waals surface area contributed by atoms with Crippen LogP contribution in [0.3, 0.4) is 0 Å². The number of amides is 1. The van der Waals surface area contributed by atoms with Gasteiger partial charge >= 0.3 is 0 Å². The number of carbonyl (C=O) groups excluding carboxylic acids is 1. The molecule has 0 radical (unpaired) electrons. The third-order valence-corrected chi connectivity index (χ3v) is 5.55. The molecular weight excluding hydrogens is 434 g/mol. The Hall–Kier alpha value is -4.15. The van der Waals surface area contributed by atoms with Crippen LogP contribution in [0.4, 0.5) is 5.69 Å². The van der Waals surface area contributed by atoms with E-state index >= 15 is 0 Å². The van der Waals surface area contributed by atoms with E-state index in [4.69, 9.17) is 14.7 Å². The molecule has 33 heavy (non-hydrogen) atoms. The Labute approximate surface area is 196 Å². The predicted octanol–water partition coefficient (Wildman–Crippen LogP) is 5.73. The van der Waals surface area contributed by atoms with E-state index in [1.54, 1.807) is 59.9 Å². The molecule has 0 bridgehead atoms. The first-order chi connectivity index (χ1) is 16.1. The van der Waals surface area contributed by atoms with E-state index in [-0.39, 0.29) is 5.91 Å². The highest BCUT2D eigenvalue weighted by Crippen LogP contribution is 2.21. The van der Waals surface area contributed by atoms with Crippen LogP contribution in [0.2, 0.25) is 0 Å². The van der Waals surface area contributed by atoms with Crippen molar-refractivity contribution in [2.24, 2.45) is 0 Å². The van der Waals surface area contributed by atoms with Gasteiger partial charge in [-0.25, -0.2) is 4.98 Å². The van der Waals surface area contributed by atoms with Gasteiger partial charge in [0.2, 0.25) is 0 Å². The smallest absolute Gasteiger partial charge is 0.255 e. The lowest BCUT2D eigenvalue weighted by Crippen LogP contribution is -2.11. The molecule has 0 unspecified atom stereocenters. The Morgan fingerprint density at radius 3 is 2.55 bits per heavy atom. The quantitative estimate of drug-likeness (QED) is 0.367. The van der Waals surface area contributed by atoms with Gasteiger partial charge in [-0.15, -0.1) is 11.3 Å². The standard InChI is InChI=1S/C26H21N3O3S/c1-18-28-23(17-33-18)16-32-24-10-8-21(9-11-24)26(30)29-22-6-3-7-25(13-22)31-15-20-5-2-4-19(12-20)14-27/h2-13,17H,15-16H2,1H3,(H,29,30). The number of anilines is 1. The van der Waals surface area contributed by atoms with Crippen molar-refractivity contribution in [2.75, 3.05) is 5.32 Å². The normalized spacial score (nSPS) is 10.3. The minimum atomic E-state index is -0.226. The maximum absolute atomic E-state index is 12.6. The third-order valence-electron chi connectivity index (χ3n) is 4.72. The van der Waals surface area contributed by atoms with Crippen molar-refractivity contribution in [1.29, 1.82) is 5.26 Å². The summed E-state index contributed by atoms with van der Waals surface area (Å²) < 4.78 is 11.5. The summed E-state index contributed by atoms with van der Waals surface area (Å²) in [5.41, 5.74) is 3.52. The van der Waals surface area contributed by atoms with Crippen LogP contribution in [0.5, 0.6) is 11.5 Å². The number of hydrogen-bond donors (Lipinski definition) is 1. The molecule has 1 amide bonds. The van der Waals surface area contributed by atoms with E-state index in [0.29, 0.717) is 41.5 Å². The molecule has 3 aromatic carbocycles. The largest absolute Gasteiger partial charge is 0.489 e. The molecule has 0 spiro atoms. The number of nitrogens with zero attached hydrogens (tertiary/aromatic N) is 2. The fourth-order valence-electron chi connectivity index (χ4n) is 3.10. The molecule has 164 valence electrons. The number of nitriles is 1. The summed E-state index contributed by atoms with van der Waals surface area (Å²) in [5, 5.41) is 14.9. The van der Waals surface area contributed by atoms with Gasteiger partial charge in [-0.3, -0.25) is 4.79 Å². The maximum atomic E-state index is 12.6. The van der Waals surface area contributed by atoms with Crippen LogP contribution < -0.4 is 14.8 Å². The Kier molecular flexibility index (Phi) is 6.98. The molecule has 1 N–H and O–H groups in total. The highest BCUT2D eigenvalue weighted by atomic mass is 32.1. The van der Waals surface area contributed by atoms with Gasteiger partial charge in [-0.1, -0.05) is 18.2 Å². The minimum absolute atomic E-state index is 0.226. The lowest BCUT2D eigenvalue weighted by molar-refractivity contribution is 0.102. The molecule has 0 aliphatic rings. The van der Waals surface area contributed by atoms with Gasteiger partial charge in [0.25, 0.3) is 5.91 Å². The zero-order valence-electron chi connectivity index (χ0n) is 17.9. The highest BCUT2D eigenvalue weighted by molar-refractivity contribution is 7.09. The Balaban J connectivity index is 1.32. The number of benzene rings is 3. The number of aryl methyl sites for hydroxylation is 1. The molecule has 4 rings (SSSR count). The van der Waals surface area contributed by atoms with Crippen molar-refractivity contribution in [3.63, 3.8) is 0 Å². The fourth-order valence-corrected chi connectivity index (χ4v) is 3.70. The number of hydrogen-bond acceptors (Lipinski definition) is 6. The number of nitrogens with one attached hydrogen (secondary N) is 1. The van der Waals surface area contributed by atoms with Crippen LogP contribution in [0, 0.1) is 18.3 Å². The molecule has 0 atom stereocenters. The Morgan fingerprint density at radius 1 is 1.00 bits per heavy atom. The van der Waals surface area contributed by atoms with Crippen LogP contribution >= 0.6 is 11.3 Å². The molecular formula is C26H21N3O3S. The molecule has 0 saturated heterocycles. The summed E-state index contributed by atoms with van der Waals surface area (Å²) in [4.78, 5) is 17.0. The number of ether oxygens (including phenoxy) is 2. The van der Waals surface area contributed by atoms with Crippen molar-refractivity contribution in [2.45, 2.75) is 20.1 Å². The first-order valence-corrected chi connectivity index (χ1v) is 11.1. The average molecular weight is 456 g/mol. The SMILES string of the molecule is Cc1nc(COc2ccc(C(=O)Nc3cccc(OCc4cccc(C#N)c4)c3)cc2)cs1. The number of carbonyl (C=O) groups is 1. The van der Waals surface area contributed by atoms with E-state index in [0.717, 1.165) is 16.3 Å². The van der Waals surface area contributed by atoms with Gasteiger partial charge in [0.1, 0.15) is 24.7 Å². The van der Waals surface area contributed by atoms with Crippen molar-refractivity contribution >= 4 is 22.9 Å². The van der Waals surface area contributed by atoms with Crippen LogP contribution in [0.25, 0.3) is 0 Å². The van der Waals surface area contributed by atoms with E-state index in [1.165, 1.54) is 0 Å². The molecule has 0 aliphatic heterocycles. The van der Waals surface area contributed by atoms with Crippen molar-refractivity contribution < 1.29 is 14.3 Å². The van der Waals surface area contributed by atoms with Crippen molar-refractivity contribution in [3.05, 3.63) is 106 Å². The topological polar surface area (TPSA) is 84.2 Å². The van der Waals surface area contributed by atoms with Crippen LogP contribution in [-0.2, 0) is 13.2 Å². The molecule has 6 nitrogen and oxygen atoms in total. The molecule has 4 aromatic rings. The van der Waals surface area contributed by atoms with Crippen LogP contribution in [0.15, 0.2) is 78.2 Å². The van der Waals surface area contributed by atoms with E-state index in [1.807, 2.05) is 36.6 Å². The van der Waals surface area contributed by atoms with Gasteiger partial charge in [0.15, 0.2) is 0 Å². The summed E-state index contributed by atoms with van der Waals surface area (Å²) in [7, 11) is 0.